The average Bonchev–Trinajstić information content (AvgIpc) is 2.27. The Hall–Kier alpha value is -1.10. The molecule has 1 amide bonds. The lowest BCUT2D eigenvalue weighted by molar-refractivity contribution is -0.151. The number of likely N-dealkylation sites (tertiary alicyclic amines) is 1. The van der Waals surface area contributed by atoms with Crippen LogP contribution in [-0.4, -0.2) is 42.0 Å². The van der Waals surface area contributed by atoms with Crippen molar-refractivity contribution in [2.24, 2.45) is 11.7 Å². The van der Waals surface area contributed by atoms with Gasteiger partial charge in [0.25, 0.3) is 0 Å². The smallest absolute Gasteiger partial charge is 0.309 e. The molecule has 98 valence electrons. The van der Waals surface area contributed by atoms with Gasteiger partial charge in [-0.3, -0.25) is 9.59 Å². The van der Waals surface area contributed by atoms with Gasteiger partial charge in [0.2, 0.25) is 5.91 Å². The van der Waals surface area contributed by atoms with E-state index in [9.17, 15) is 9.59 Å². The zero-order valence-electron chi connectivity index (χ0n) is 10.9. The lowest BCUT2D eigenvalue weighted by atomic mass is 9.95. The summed E-state index contributed by atoms with van der Waals surface area (Å²) in [5.41, 5.74) is 4.93. The second-order valence-electron chi connectivity index (χ2n) is 5.04. The topological polar surface area (TPSA) is 72.6 Å². The number of hydrogen-bond donors (Lipinski definition) is 1. The van der Waals surface area contributed by atoms with E-state index in [2.05, 4.69) is 0 Å². The molecule has 1 rings (SSSR count). The number of carbonyl (C=O) groups is 2. The second kappa shape index (κ2) is 5.49. The van der Waals surface area contributed by atoms with Gasteiger partial charge in [0.15, 0.2) is 0 Å². The third-order valence-electron chi connectivity index (χ3n) is 2.95. The van der Waals surface area contributed by atoms with E-state index >= 15 is 0 Å². The van der Waals surface area contributed by atoms with E-state index in [1.54, 1.807) is 25.7 Å². The molecule has 5 heteroatoms. The first-order valence-electron chi connectivity index (χ1n) is 6.11. The van der Waals surface area contributed by atoms with Crippen LogP contribution in [0.5, 0.6) is 0 Å². The summed E-state index contributed by atoms with van der Waals surface area (Å²) in [6.07, 6.45) is 1.33. The van der Waals surface area contributed by atoms with Gasteiger partial charge in [0.05, 0.1) is 18.1 Å². The van der Waals surface area contributed by atoms with Gasteiger partial charge < -0.3 is 15.4 Å². The molecule has 0 atom stereocenters. The molecular formula is C12H22N2O3. The molecule has 5 nitrogen and oxygen atoms in total. The van der Waals surface area contributed by atoms with Gasteiger partial charge in [0.1, 0.15) is 0 Å². The molecule has 1 fully saturated rings. The van der Waals surface area contributed by atoms with Gasteiger partial charge >= 0.3 is 5.97 Å². The number of hydrogen-bond acceptors (Lipinski definition) is 4. The number of nitrogens with two attached hydrogens (primary N) is 1. The van der Waals surface area contributed by atoms with Crippen molar-refractivity contribution in [3.8, 4) is 0 Å². The fraction of sp³-hybridized carbons (Fsp3) is 0.833. The average molecular weight is 242 g/mol. The summed E-state index contributed by atoms with van der Waals surface area (Å²) in [5, 5.41) is 0. The summed E-state index contributed by atoms with van der Waals surface area (Å²) < 4.78 is 4.98. The Balaban J connectivity index is 2.46. The van der Waals surface area contributed by atoms with Crippen LogP contribution < -0.4 is 5.73 Å². The Labute approximate surface area is 102 Å². The number of ether oxygens (including phenoxy) is 1. The van der Waals surface area contributed by atoms with Crippen molar-refractivity contribution < 1.29 is 14.3 Å². The third kappa shape index (κ3) is 3.70. The Bertz CT molecular complexity index is 289. The first-order valence-corrected chi connectivity index (χ1v) is 6.11. The number of rotatable bonds is 3. The van der Waals surface area contributed by atoms with Crippen LogP contribution in [0.15, 0.2) is 0 Å². The minimum Gasteiger partial charge on any atom is -0.466 e. The number of esters is 1. The number of carbonyl (C=O) groups excluding carboxylic acids is 2. The molecule has 0 bridgehead atoms. The predicted octanol–water partition coefficient (Wildman–Crippen LogP) is 0.525. The molecule has 0 radical (unpaired) electrons. The highest BCUT2D eigenvalue weighted by molar-refractivity contribution is 5.85. The predicted molar refractivity (Wildman–Crippen MR) is 64.2 cm³/mol. The lowest BCUT2D eigenvalue weighted by Gasteiger charge is -2.34. The molecule has 0 aromatic rings. The van der Waals surface area contributed by atoms with E-state index in [0.29, 0.717) is 32.5 Å². The molecule has 1 heterocycles. The number of nitrogens with zero attached hydrogens (tertiary/aromatic N) is 1. The quantitative estimate of drug-likeness (QED) is 0.732. The normalized spacial score (nSPS) is 18.0. The van der Waals surface area contributed by atoms with Crippen LogP contribution in [0.4, 0.5) is 0 Å². The maximum Gasteiger partial charge on any atom is 0.309 e. The van der Waals surface area contributed by atoms with E-state index < -0.39 is 5.54 Å². The molecule has 2 N–H and O–H groups in total. The zero-order chi connectivity index (χ0) is 13.1. The first kappa shape index (κ1) is 14.0. The zero-order valence-corrected chi connectivity index (χ0v) is 10.9. The summed E-state index contributed by atoms with van der Waals surface area (Å²) >= 11 is 0. The maximum atomic E-state index is 11.9. The number of amides is 1. The highest BCUT2D eigenvalue weighted by atomic mass is 16.5. The molecule has 0 aromatic carbocycles. The molecule has 1 aliphatic heterocycles. The van der Waals surface area contributed by atoms with E-state index in [4.69, 9.17) is 10.5 Å². The Morgan fingerprint density at radius 2 is 1.88 bits per heavy atom. The van der Waals surface area contributed by atoms with Gasteiger partial charge in [-0.25, -0.2) is 0 Å². The Morgan fingerprint density at radius 1 is 1.35 bits per heavy atom. The molecule has 17 heavy (non-hydrogen) atoms. The molecule has 1 aliphatic rings. The summed E-state index contributed by atoms with van der Waals surface area (Å²) in [6, 6.07) is 0. The number of piperidine rings is 1. The van der Waals surface area contributed by atoms with Crippen molar-refractivity contribution in [1.82, 2.24) is 4.90 Å². The molecule has 0 spiro atoms. The summed E-state index contributed by atoms with van der Waals surface area (Å²) in [6.45, 7) is 6.78. The van der Waals surface area contributed by atoms with Crippen molar-refractivity contribution >= 4 is 11.9 Å². The molecule has 0 saturated carbocycles. The van der Waals surface area contributed by atoms with Gasteiger partial charge in [-0.05, 0) is 33.6 Å². The largest absolute Gasteiger partial charge is 0.466 e. The standard InChI is InChI=1S/C12H22N2O3/c1-4-17-10(15)9-5-7-14(8-6-9)11(16)12(2,3)13/h9H,4-8,13H2,1-3H3. The Kier molecular flexibility index (Phi) is 4.51. The summed E-state index contributed by atoms with van der Waals surface area (Å²) in [5.74, 6) is -0.272. The molecule has 1 saturated heterocycles. The minimum absolute atomic E-state index is 0.0557. The van der Waals surface area contributed by atoms with Crippen molar-refractivity contribution in [2.75, 3.05) is 19.7 Å². The summed E-state index contributed by atoms with van der Waals surface area (Å²) in [4.78, 5) is 25.2. The monoisotopic (exact) mass is 242 g/mol. The highest BCUT2D eigenvalue weighted by Crippen LogP contribution is 2.20. The van der Waals surface area contributed by atoms with Crippen LogP contribution in [0.3, 0.4) is 0 Å². The van der Waals surface area contributed by atoms with Crippen molar-refractivity contribution in [1.29, 1.82) is 0 Å². The van der Waals surface area contributed by atoms with E-state index in [1.165, 1.54) is 0 Å². The van der Waals surface area contributed by atoms with Crippen molar-refractivity contribution in [3.05, 3.63) is 0 Å². The van der Waals surface area contributed by atoms with Crippen LogP contribution in [0.2, 0.25) is 0 Å². The fourth-order valence-electron chi connectivity index (χ4n) is 1.99. The Morgan fingerprint density at radius 3 is 2.29 bits per heavy atom. The van der Waals surface area contributed by atoms with E-state index in [0.717, 1.165) is 0 Å². The SMILES string of the molecule is CCOC(=O)C1CCN(C(=O)C(C)(C)N)CC1. The van der Waals surface area contributed by atoms with Crippen molar-refractivity contribution in [3.63, 3.8) is 0 Å². The lowest BCUT2D eigenvalue weighted by Crippen LogP contribution is -2.53. The molecule has 0 aliphatic carbocycles. The first-order chi connectivity index (χ1) is 7.86. The molecule has 0 aromatic heterocycles. The van der Waals surface area contributed by atoms with Gasteiger partial charge in [-0.15, -0.1) is 0 Å². The van der Waals surface area contributed by atoms with Gasteiger partial charge in [-0.1, -0.05) is 0 Å². The van der Waals surface area contributed by atoms with Crippen LogP contribution in [0.1, 0.15) is 33.6 Å². The molecular weight excluding hydrogens is 220 g/mol. The van der Waals surface area contributed by atoms with E-state index in [-0.39, 0.29) is 17.8 Å². The van der Waals surface area contributed by atoms with Crippen molar-refractivity contribution in [2.45, 2.75) is 39.2 Å². The van der Waals surface area contributed by atoms with Crippen LogP contribution in [0, 0.1) is 5.92 Å². The second-order valence-corrected chi connectivity index (χ2v) is 5.04. The highest BCUT2D eigenvalue weighted by Gasteiger charge is 2.33. The fourth-order valence-corrected chi connectivity index (χ4v) is 1.99. The third-order valence-corrected chi connectivity index (χ3v) is 2.95. The van der Waals surface area contributed by atoms with Gasteiger partial charge in [-0.2, -0.15) is 0 Å². The van der Waals surface area contributed by atoms with E-state index in [1.807, 2.05) is 0 Å². The van der Waals surface area contributed by atoms with Crippen LogP contribution in [-0.2, 0) is 14.3 Å². The minimum atomic E-state index is -0.837. The van der Waals surface area contributed by atoms with Crippen LogP contribution in [0.25, 0.3) is 0 Å². The summed E-state index contributed by atoms with van der Waals surface area (Å²) in [7, 11) is 0. The van der Waals surface area contributed by atoms with Crippen LogP contribution >= 0.6 is 0 Å². The molecule has 0 unspecified atom stereocenters. The van der Waals surface area contributed by atoms with Gasteiger partial charge in [0, 0.05) is 13.1 Å². The maximum absolute atomic E-state index is 11.9.